The highest BCUT2D eigenvalue weighted by Crippen LogP contribution is 2.47. The Bertz CT molecular complexity index is 1010. The number of piperidine rings is 1. The minimum absolute atomic E-state index is 0.108. The van der Waals surface area contributed by atoms with Crippen molar-refractivity contribution in [2.24, 2.45) is 17.3 Å². The van der Waals surface area contributed by atoms with Crippen LogP contribution >= 0.6 is 0 Å². The number of nitrogens with zero attached hydrogens (tertiary/aromatic N) is 1. The predicted octanol–water partition coefficient (Wildman–Crippen LogP) is 5.56. The monoisotopic (exact) mass is 479 g/mol. The largest absolute Gasteiger partial charge is 0.416 e. The standard InChI is InChI=1S/C27H40F3N3O/c1-17-21-14-33(11-9-25(2,3)15-31-26(4,5)16-34)10-8-18(21)12-23-24(17)20-13-19(27(28,29)30)6-7-22(20)32-23/h6-7,13,17-18,21,31-32,34H,8-12,14-16H2,1-5H3/t17-,18?,21?/m1/s1. The molecule has 2 unspecified atom stereocenters. The zero-order valence-corrected chi connectivity index (χ0v) is 21.1. The van der Waals surface area contributed by atoms with Crippen molar-refractivity contribution in [2.45, 2.75) is 71.5 Å². The van der Waals surface area contributed by atoms with E-state index >= 15 is 0 Å². The van der Waals surface area contributed by atoms with E-state index in [9.17, 15) is 18.3 Å². The molecule has 1 aliphatic carbocycles. The lowest BCUT2D eigenvalue weighted by atomic mass is 9.68. The topological polar surface area (TPSA) is 51.3 Å². The number of nitrogens with one attached hydrogen (secondary N) is 2. The second kappa shape index (κ2) is 9.14. The Labute approximate surface area is 201 Å². The number of aromatic amines is 1. The van der Waals surface area contributed by atoms with Crippen LogP contribution < -0.4 is 5.32 Å². The number of hydrogen-bond acceptors (Lipinski definition) is 3. The third-order valence-electron chi connectivity index (χ3n) is 8.25. The van der Waals surface area contributed by atoms with Crippen LogP contribution in [0.2, 0.25) is 0 Å². The van der Waals surface area contributed by atoms with Gasteiger partial charge >= 0.3 is 6.18 Å². The van der Waals surface area contributed by atoms with Gasteiger partial charge in [0, 0.05) is 35.2 Å². The molecule has 1 aliphatic heterocycles. The summed E-state index contributed by atoms with van der Waals surface area (Å²) >= 11 is 0. The molecule has 4 nitrogen and oxygen atoms in total. The van der Waals surface area contributed by atoms with Gasteiger partial charge in [0.15, 0.2) is 0 Å². The Balaban J connectivity index is 1.45. The first-order valence-electron chi connectivity index (χ1n) is 12.6. The number of likely N-dealkylation sites (tertiary alicyclic amines) is 1. The van der Waals surface area contributed by atoms with E-state index in [0.29, 0.717) is 11.8 Å². The molecule has 0 bridgehead atoms. The molecule has 0 saturated carbocycles. The van der Waals surface area contributed by atoms with Gasteiger partial charge in [-0.15, -0.1) is 0 Å². The number of aliphatic hydroxyl groups is 1. The van der Waals surface area contributed by atoms with Crippen LogP contribution in [-0.4, -0.2) is 53.3 Å². The number of fused-ring (bicyclic) bond motifs is 4. The second-order valence-corrected chi connectivity index (χ2v) is 12.1. The maximum atomic E-state index is 13.4. The van der Waals surface area contributed by atoms with Gasteiger partial charge in [0.05, 0.1) is 12.2 Å². The van der Waals surface area contributed by atoms with Gasteiger partial charge < -0.3 is 20.3 Å². The highest BCUT2D eigenvalue weighted by Gasteiger charge is 2.40. The number of alkyl halides is 3. The summed E-state index contributed by atoms with van der Waals surface area (Å²) in [7, 11) is 0. The quantitative estimate of drug-likeness (QED) is 0.487. The van der Waals surface area contributed by atoms with Crippen molar-refractivity contribution in [1.29, 1.82) is 0 Å². The summed E-state index contributed by atoms with van der Waals surface area (Å²) in [6.45, 7) is 14.8. The molecule has 4 rings (SSSR count). The van der Waals surface area contributed by atoms with E-state index in [2.05, 4.69) is 36.0 Å². The second-order valence-electron chi connectivity index (χ2n) is 12.1. The van der Waals surface area contributed by atoms with Gasteiger partial charge in [0.25, 0.3) is 0 Å². The van der Waals surface area contributed by atoms with Crippen molar-refractivity contribution in [1.82, 2.24) is 15.2 Å². The first-order chi connectivity index (χ1) is 15.8. The highest BCUT2D eigenvalue weighted by atomic mass is 19.4. The van der Waals surface area contributed by atoms with Crippen molar-refractivity contribution < 1.29 is 18.3 Å². The first kappa shape index (κ1) is 25.5. The van der Waals surface area contributed by atoms with E-state index in [0.717, 1.165) is 67.6 Å². The molecule has 34 heavy (non-hydrogen) atoms. The predicted molar refractivity (Wildman–Crippen MR) is 131 cm³/mol. The van der Waals surface area contributed by atoms with Gasteiger partial charge in [-0.2, -0.15) is 13.2 Å². The van der Waals surface area contributed by atoms with Crippen LogP contribution in [0.25, 0.3) is 10.9 Å². The van der Waals surface area contributed by atoms with Gasteiger partial charge in [-0.1, -0.05) is 20.8 Å². The van der Waals surface area contributed by atoms with Crippen LogP contribution in [-0.2, 0) is 12.6 Å². The van der Waals surface area contributed by atoms with Gasteiger partial charge in [0.2, 0.25) is 0 Å². The average molecular weight is 480 g/mol. The van der Waals surface area contributed by atoms with E-state index in [1.807, 2.05) is 13.8 Å². The smallest absolute Gasteiger partial charge is 0.394 e. The van der Waals surface area contributed by atoms with Crippen LogP contribution in [0.1, 0.15) is 70.2 Å². The van der Waals surface area contributed by atoms with Crippen LogP contribution in [0.4, 0.5) is 13.2 Å². The Morgan fingerprint density at radius 2 is 1.91 bits per heavy atom. The Morgan fingerprint density at radius 3 is 2.59 bits per heavy atom. The minimum atomic E-state index is -4.32. The summed E-state index contributed by atoms with van der Waals surface area (Å²) in [5.41, 5.74) is 2.31. The van der Waals surface area contributed by atoms with Crippen molar-refractivity contribution in [2.75, 3.05) is 32.8 Å². The number of halogens is 3. The van der Waals surface area contributed by atoms with Gasteiger partial charge in [-0.3, -0.25) is 0 Å². The van der Waals surface area contributed by atoms with Crippen LogP contribution in [0.15, 0.2) is 18.2 Å². The van der Waals surface area contributed by atoms with E-state index in [4.69, 9.17) is 0 Å². The fourth-order valence-electron chi connectivity index (χ4n) is 5.81. The maximum absolute atomic E-state index is 13.4. The SMILES string of the molecule is C[C@H]1c2c([nH]c3ccc(C(F)(F)F)cc23)CC2CCN(CCC(C)(C)CNC(C)(C)CO)CC21. The van der Waals surface area contributed by atoms with Crippen LogP contribution in [0.3, 0.4) is 0 Å². The molecule has 3 N–H and O–H groups in total. The van der Waals surface area contributed by atoms with Crippen molar-refractivity contribution in [3.8, 4) is 0 Å². The molecular weight excluding hydrogens is 439 g/mol. The summed E-state index contributed by atoms with van der Waals surface area (Å²) < 4.78 is 40.1. The fraction of sp³-hybridized carbons (Fsp3) is 0.704. The molecule has 7 heteroatoms. The third-order valence-corrected chi connectivity index (χ3v) is 8.25. The molecule has 2 aliphatic rings. The number of rotatable bonds is 7. The zero-order chi connectivity index (χ0) is 24.9. The average Bonchev–Trinajstić information content (AvgIpc) is 3.14. The molecular formula is C27H40F3N3O. The molecule has 0 spiro atoms. The molecule has 0 amide bonds. The summed E-state index contributed by atoms with van der Waals surface area (Å²) in [4.78, 5) is 5.99. The Morgan fingerprint density at radius 1 is 1.18 bits per heavy atom. The van der Waals surface area contributed by atoms with E-state index in [-0.39, 0.29) is 23.5 Å². The highest BCUT2D eigenvalue weighted by molar-refractivity contribution is 5.86. The van der Waals surface area contributed by atoms with Crippen molar-refractivity contribution >= 4 is 10.9 Å². The molecule has 3 atom stereocenters. The third kappa shape index (κ3) is 5.31. The lowest BCUT2D eigenvalue weighted by Gasteiger charge is -2.45. The van der Waals surface area contributed by atoms with Crippen LogP contribution in [0.5, 0.6) is 0 Å². The lowest BCUT2D eigenvalue weighted by Crippen LogP contribution is -2.48. The van der Waals surface area contributed by atoms with Gasteiger partial charge in [-0.25, -0.2) is 0 Å². The van der Waals surface area contributed by atoms with Gasteiger partial charge in [0.1, 0.15) is 0 Å². The minimum Gasteiger partial charge on any atom is -0.394 e. The normalized spacial score (nSPS) is 24.3. The number of aliphatic hydroxyl groups excluding tert-OH is 1. The van der Waals surface area contributed by atoms with E-state index in [1.165, 1.54) is 12.1 Å². The van der Waals surface area contributed by atoms with Crippen LogP contribution in [0, 0.1) is 17.3 Å². The zero-order valence-electron chi connectivity index (χ0n) is 21.1. The fourth-order valence-corrected chi connectivity index (χ4v) is 5.81. The maximum Gasteiger partial charge on any atom is 0.416 e. The number of hydrogen-bond donors (Lipinski definition) is 3. The number of benzene rings is 1. The van der Waals surface area contributed by atoms with E-state index < -0.39 is 11.7 Å². The summed E-state index contributed by atoms with van der Waals surface area (Å²) in [6.07, 6.45) is -1.21. The molecule has 2 aromatic rings. The summed E-state index contributed by atoms with van der Waals surface area (Å²) in [5, 5.41) is 13.7. The summed E-state index contributed by atoms with van der Waals surface area (Å²) in [6, 6.07) is 4.11. The molecule has 1 saturated heterocycles. The van der Waals surface area contributed by atoms with Gasteiger partial charge in [-0.05, 0) is 93.1 Å². The molecule has 190 valence electrons. The lowest BCUT2D eigenvalue weighted by molar-refractivity contribution is -0.137. The first-order valence-corrected chi connectivity index (χ1v) is 12.6. The molecule has 1 fully saturated rings. The summed E-state index contributed by atoms with van der Waals surface area (Å²) in [5.74, 6) is 1.27. The molecule has 0 radical (unpaired) electrons. The van der Waals surface area contributed by atoms with Crippen molar-refractivity contribution in [3.63, 3.8) is 0 Å². The molecule has 1 aromatic carbocycles. The Hall–Kier alpha value is -1.57. The van der Waals surface area contributed by atoms with Crippen molar-refractivity contribution in [3.05, 3.63) is 35.0 Å². The molecule has 2 heterocycles. The number of H-pyrrole nitrogens is 1. The number of aromatic nitrogens is 1. The molecule has 1 aromatic heterocycles. The van der Waals surface area contributed by atoms with E-state index in [1.54, 1.807) is 6.07 Å². The Kier molecular flexibility index (Phi) is 6.86.